The number of pyridine rings is 1. The van der Waals surface area contributed by atoms with Crippen LogP contribution >= 0.6 is 11.6 Å². The molecule has 3 heterocycles. The minimum atomic E-state index is 0.583. The van der Waals surface area contributed by atoms with Crippen molar-refractivity contribution in [1.29, 1.82) is 0 Å². The van der Waals surface area contributed by atoms with Crippen LogP contribution < -0.4 is 4.90 Å². The second-order valence-electron chi connectivity index (χ2n) is 6.44. The highest BCUT2D eigenvalue weighted by Crippen LogP contribution is 2.34. The molecule has 0 amide bonds. The number of hydrogen-bond donors (Lipinski definition) is 0. The Labute approximate surface area is 136 Å². The number of anilines is 1. The maximum Gasteiger partial charge on any atom is 0.138 e. The van der Waals surface area contributed by atoms with Crippen LogP contribution in [0.3, 0.4) is 0 Å². The Kier molecular flexibility index (Phi) is 3.93. The van der Waals surface area contributed by atoms with Gasteiger partial charge in [-0.3, -0.25) is 0 Å². The van der Waals surface area contributed by atoms with Crippen LogP contribution in [0.4, 0.5) is 5.82 Å². The number of ether oxygens (including phenoxy) is 1. The number of benzene rings is 1. The van der Waals surface area contributed by atoms with Crippen LogP contribution in [-0.2, 0) is 4.74 Å². The van der Waals surface area contributed by atoms with E-state index in [2.05, 4.69) is 34.1 Å². The van der Waals surface area contributed by atoms with Gasteiger partial charge < -0.3 is 9.64 Å². The molecule has 0 radical (unpaired) electrons. The molecule has 2 aliphatic rings. The van der Waals surface area contributed by atoms with Crippen molar-refractivity contribution in [3.05, 3.63) is 35.5 Å². The van der Waals surface area contributed by atoms with Crippen molar-refractivity contribution >= 4 is 28.2 Å². The van der Waals surface area contributed by atoms with Crippen LogP contribution in [0.5, 0.6) is 0 Å². The van der Waals surface area contributed by atoms with Gasteiger partial charge >= 0.3 is 0 Å². The van der Waals surface area contributed by atoms with E-state index in [0.717, 1.165) is 44.0 Å². The first kappa shape index (κ1) is 14.3. The van der Waals surface area contributed by atoms with Crippen LogP contribution in [0, 0.1) is 11.8 Å². The molecule has 116 valence electrons. The van der Waals surface area contributed by atoms with Gasteiger partial charge in [0, 0.05) is 31.7 Å². The average molecular weight is 317 g/mol. The average Bonchev–Trinajstić information content (AvgIpc) is 3.09. The van der Waals surface area contributed by atoms with Gasteiger partial charge in [-0.25, -0.2) is 4.98 Å². The second-order valence-corrected chi connectivity index (χ2v) is 6.83. The van der Waals surface area contributed by atoms with Crippen LogP contribution in [-0.4, -0.2) is 31.3 Å². The summed E-state index contributed by atoms with van der Waals surface area (Å²) in [6.07, 6.45) is 3.70. The Morgan fingerprint density at radius 2 is 1.91 bits per heavy atom. The molecule has 2 aliphatic heterocycles. The zero-order chi connectivity index (χ0) is 14.9. The van der Waals surface area contributed by atoms with Crippen LogP contribution in [0.1, 0.15) is 19.3 Å². The number of fused-ring (bicyclic) bond motifs is 1. The van der Waals surface area contributed by atoms with Crippen LogP contribution in [0.25, 0.3) is 10.8 Å². The zero-order valence-corrected chi connectivity index (χ0v) is 13.4. The highest BCUT2D eigenvalue weighted by Gasteiger charge is 2.30. The highest BCUT2D eigenvalue weighted by molar-refractivity contribution is 6.30. The lowest BCUT2D eigenvalue weighted by Gasteiger charge is -2.35. The van der Waals surface area contributed by atoms with Gasteiger partial charge in [0.05, 0.1) is 0 Å². The number of nitrogens with zero attached hydrogens (tertiary/aromatic N) is 2. The Bertz CT molecular complexity index is 661. The molecule has 2 saturated heterocycles. The molecular weight excluding hydrogens is 296 g/mol. The standard InChI is InChI=1S/C18H21ClN2O/c19-17-11-14-3-1-2-4-16(14)18(20-17)21-8-5-13(6-9-21)15-7-10-22-12-15/h1-4,11,13,15H,5-10,12H2. The maximum atomic E-state index is 6.22. The quantitative estimate of drug-likeness (QED) is 0.779. The maximum absolute atomic E-state index is 6.22. The molecule has 3 nitrogen and oxygen atoms in total. The largest absolute Gasteiger partial charge is 0.381 e. The lowest BCUT2D eigenvalue weighted by Crippen LogP contribution is -2.36. The predicted molar refractivity (Wildman–Crippen MR) is 90.6 cm³/mol. The van der Waals surface area contributed by atoms with Gasteiger partial charge in [-0.1, -0.05) is 35.9 Å². The highest BCUT2D eigenvalue weighted by atomic mass is 35.5. The van der Waals surface area contributed by atoms with Gasteiger partial charge in [-0.2, -0.15) is 0 Å². The molecule has 2 aromatic rings. The normalized spacial score (nSPS) is 23.3. The lowest BCUT2D eigenvalue weighted by atomic mass is 9.84. The van der Waals surface area contributed by atoms with Gasteiger partial charge in [0.15, 0.2) is 0 Å². The third-order valence-electron chi connectivity index (χ3n) is 5.16. The molecule has 0 spiro atoms. The summed E-state index contributed by atoms with van der Waals surface area (Å²) in [7, 11) is 0. The van der Waals surface area contributed by atoms with E-state index in [-0.39, 0.29) is 0 Å². The number of aromatic nitrogens is 1. The number of rotatable bonds is 2. The van der Waals surface area contributed by atoms with E-state index in [4.69, 9.17) is 16.3 Å². The van der Waals surface area contributed by atoms with Crippen molar-refractivity contribution in [1.82, 2.24) is 4.98 Å². The molecule has 4 rings (SSSR count). The molecule has 2 fully saturated rings. The van der Waals surface area contributed by atoms with Gasteiger partial charge in [0.25, 0.3) is 0 Å². The van der Waals surface area contributed by atoms with E-state index >= 15 is 0 Å². The lowest BCUT2D eigenvalue weighted by molar-refractivity contribution is 0.164. The summed E-state index contributed by atoms with van der Waals surface area (Å²) in [5.74, 6) is 2.62. The van der Waals surface area contributed by atoms with Crippen LogP contribution in [0.2, 0.25) is 5.15 Å². The van der Waals surface area contributed by atoms with E-state index in [1.165, 1.54) is 30.0 Å². The molecule has 1 atom stereocenters. The van der Waals surface area contributed by atoms with Crippen molar-refractivity contribution in [3.8, 4) is 0 Å². The Balaban J connectivity index is 1.56. The molecule has 22 heavy (non-hydrogen) atoms. The third-order valence-corrected chi connectivity index (χ3v) is 5.35. The Morgan fingerprint density at radius 3 is 2.68 bits per heavy atom. The van der Waals surface area contributed by atoms with E-state index in [9.17, 15) is 0 Å². The third kappa shape index (κ3) is 2.68. The van der Waals surface area contributed by atoms with Crippen LogP contribution in [0.15, 0.2) is 30.3 Å². The summed E-state index contributed by atoms with van der Waals surface area (Å²) in [4.78, 5) is 7.02. The first-order valence-electron chi connectivity index (χ1n) is 8.19. The van der Waals surface area contributed by atoms with E-state index in [1.807, 2.05) is 6.07 Å². The zero-order valence-electron chi connectivity index (χ0n) is 12.7. The van der Waals surface area contributed by atoms with Gasteiger partial charge in [-0.15, -0.1) is 0 Å². The topological polar surface area (TPSA) is 25.4 Å². The summed E-state index contributed by atoms with van der Waals surface area (Å²) >= 11 is 6.22. The van der Waals surface area contributed by atoms with E-state index < -0.39 is 0 Å². The minimum Gasteiger partial charge on any atom is -0.381 e. The summed E-state index contributed by atoms with van der Waals surface area (Å²) in [5.41, 5.74) is 0. The van der Waals surface area contributed by atoms with Crippen molar-refractivity contribution in [2.75, 3.05) is 31.2 Å². The minimum absolute atomic E-state index is 0.583. The summed E-state index contributed by atoms with van der Waals surface area (Å²) in [5, 5.41) is 2.96. The van der Waals surface area contributed by atoms with Crippen molar-refractivity contribution in [3.63, 3.8) is 0 Å². The molecule has 0 N–H and O–H groups in total. The Hall–Kier alpha value is -1.32. The molecule has 0 saturated carbocycles. The SMILES string of the molecule is Clc1cc2ccccc2c(N2CCC(C3CCOC3)CC2)n1. The molecule has 0 bridgehead atoms. The first-order chi connectivity index (χ1) is 10.8. The molecular formula is C18H21ClN2O. The molecule has 1 unspecified atom stereocenters. The fourth-order valence-electron chi connectivity index (χ4n) is 3.90. The second kappa shape index (κ2) is 6.05. The van der Waals surface area contributed by atoms with E-state index in [0.29, 0.717) is 5.15 Å². The summed E-state index contributed by atoms with van der Waals surface area (Å²) in [6, 6.07) is 10.3. The van der Waals surface area contributed by atoms with Crippen molar-refractivity contribution < 1.29 is 4.74 Å². The molecule has 4 heteroatoms. The summed E-state index contributed by atoms with van der Waals surface area (Å²) < 4.78 is 5.55. The van der Waals surface area contributed by atoms with Gasteiger partial charge in [0.1, 0.15) is 11.0 Å². The fourth-order valence-corrected chi connectivity index (χ4v) is 4.09. The first-order valence-corrected chi connectivity index (χ1v) is 8.57. The van der Waals surface area contributed by atoms with E-state index in [1.54, 1.807) is 0 Å². The number of piperidine rings is 1. The fraction of sp³-hybridized carbons (Fsp3) is 0.500. The monoisotopic (exact) mass is 316 g/mol. The van der Waals surface area contributed by atoms with Crippen molar-refractivity contribution in [2.45, 2.75) is 19.3 Å². The summed E-state index contributed by atoms with van der Waals surface area (Å²) in [6.45, 7) is 4.05. The smallest absolute Gasteiger partial charge is 0.138 e. The predicted octanol–water partition coefficient (Wildman–Crippen LogP) is 4.14. The molecule has 1 aromatic heterocycles. The van der Waals surface area contributed by atoms with Gasteiger partial charge in [0.2, 0.25) is 0 Å². The molecule has 1 aromatic carbocycles. The molecule has 0 aliphatic carbocycles. The van der Waals surface area contributed by atoms with Crippen molar-refractivity contribution in [2.24, 2.45) is 11.8 Å². The van der Waals surface area contributed by atoms with Gasteiger partial charge in [-0.05, 0) is 42.6 Å². The number of halogens is 1. The Morgan fingerprint density at radius 1 is 1.09 bits per heavy atom. The number of hydrogen-bond acceptors (Lipinski definition) is 3.